The third-order valence-electron chi connectivity index (χ3n) is 3.04. The quantitative estimate of drug-likeness (QED) is 0.608. The van der Waals surface area contributed by atoms with E-state index in [0.29, 0.717) is 13.1 Å². The predicted octanol–water partition coefficient (Wildman–Crippen LogP) is 2.29. The average Bonchev–Trinajstić information content (AvgIpc) is 2.39. The summed E-state index contributed by atoms with van der Waals surface area (Å²) in [6.45, 7) is 5.66. The number of carbonyl (C=O) groups is 1. The SMILES string of the molecule is CCN(CC)C(=O)c1cc([N+](=O)[O-])c(C)c([N+](=O)[O-])c1. The number of hydrogen-bond acceptors (Lipinski definition) is 5. The van der Waals surface area contributed by atoms with Crippen molar-refractivity contribution in [1.82, 2.24) is 4.90 Å². The van der Waals surface area contributed by atoms with E-state index in [4.69, 9.17) is 0 Å². The zero-order valence-corrected chi connectivity index (χ0v) is 11.5. The second kappa shape index (κ2) is 6.09. The minimum absolute atomic E-state index is 0.0438. The van der Waals surface area contributed by atoms with Gasteiger partial charge in [0.25, 0.3) is 17.3 Å². The lowest BCUT2D eigenvalue weighted by atomic mass is 10.1. The highest BCUT2D eigenvalue weighted by atomic mass is 16.6. The van der Waals surface area contributed by atoms with Crippen molar-refractivity contribution in [2.45, 2.75) is 20.8 Å². The molecule has 0 heterocycles. The molecular formula is C12H15N3O5. The van der Waals surface area contributed by atoms with E-state index in [-0.39, 0.29) is 11.1 Å². The molecular weight excluding hydrogens is 266 g/mol. The molecule has 0 saturated carbocycles. The fraction of sp³-hybridized carbons (Fsp3) is 0.417. The van der Waals surface area contributed by atoms with Gasteiger partial charge in [0.05, 0.1) is 15.4 Å². The van der Waals surface area contributed by atoms with Gasteiger partial charge in [-0.25, -0.2) is 0 Å². The Kier molecular flexibility index (Phi) is 4.73. The number of amides is 1. The zero-order valence-electron chi connectivity index (χ0n) is 11.5. The number of rotatable bonds is 5. The van der Waals surface area contributed by atoms with Crippen molar-refractivity contribution in [2.75, 3.05) is 13.1 Å². The molecule has 8 heteroatoms. The molecule has 1 amide bonds. The van der Waals surface area contributed by atoms with E-state index in [1.54, 1.807) is 13.8 Å². The lowest BCUT2D eigenvalue weighted by molar-refractivity contribution is -0.395. The van der Waals surface area contributed by atoms with E-state index in [0.717, 1.165) is 12.1 Å². The van der Waals surface area contributed by atoms with Gasteiger partial charge in [0, 0.05) is 25.2 Å². The van der Waals surface area contributed by atoms with Crippen LogP contribution in [0.5, 0.6) is 0 Å². The van der Waals surface area contributed by atoms with Gasteiger partial charge in [0.2, 0.25) is 0 Å². The molecule has 0 fully saturated rings. The molecule has 0 bridgehead atoms. The van der Waals surface area contributed by atoms with E-state index in [2.05, 4.69) is 0 Å². The van der Waals surface area contributed by atoms with Gasteiger partial charge in [-0.3, -0.25) is 25.0 Å². The Bertz CT molecular complexity index is 531. The smallest absolute Gasteiger partial charge is 0.279 e. The van der Waals surface area contributed by atoms with E-state index in [1.807, 2.05) is 0 Å². The van der Waals surface area contributed by atoms with Crippen molar-refractivity contribution in [3.05, 3.63) is 43.5 Å². The molecule has 1 aromatic carbocycles. The molecule has 8 nitrogen and oxygen atoms in total. The highest BCUT2D eigenvalue weighted by Crippen LogP contribution is 2.29. The van der Waals surface area contributed by atoms with Gasteiger partial charge in [-0.15, -0.1) is 0 Å². The molecule has 20 heavy (non-hydrogen) atoms. The maximum atomic E-state index is 12.1. The van der Waals surface area contributed by atoms with Gasteiger partial charge in [-0.2, -0.15) is 0 Å². The highest BCUT2D eigenvalue weighted by Gasteiger charge is 2.26. The van der Waals surface area contributed by atoms with E-state index in [1.165, 1.54) is 11.8 Å². The minimum Gasteiger partial charge on any atom is -0.339 e. The second-order valence-electron chi connectivity index (χ2n) is 4.13. The number of nitrogens with zero attached hydrogens (tertiary/aromatic N) is 3. The van der Waals surface area contributed by atoms with Crippen molar-refractivity contribution < 1.29 is 14.6 Å². The summed E-state index contributed by atoms with van der Waals surface area (Å²) in [6.07, 6.45) is 0. The maximum Gasteiger partial charge on any atom is 0.279 e. The molecule has 0 atom stereocenters. The number of nitro groups is 2. The van der Waals surface area contributed by atoms with E-state index >= 15 is 0 Å². The average molecular weight is 281 g/mol. The van der Waals surface area contributed by atoms with Crippen LogP contribution in [0.25, 0.3) is 0 Å². The molecule has 108 valence electrons. The first-order valence-electron chi connectivity index (χ1n) is 6.06. The van der Waals surface area contributed by atoms with Crippen LogP contribution >= 0.6 is 0 Å². The largest absolute Gasteiger partial charge is 0.339 e. The second-order valence-corrected chi connectivity index (χ2v) is 4.13. The highest BCUT2D eigenvalue weighted by molar-refractivity contribution is 5.96. The summed E-state index contributed by atoms with van der Waals surface area (Å²) in [5.41, 5.74) is -0.946. The van der Waals surface area contributed by atoms with Gasteiger partial charge in [0.15, 0.2) is 0 Å². The number of nitro benzene ring substituents is 2. The van der Waals surface area contributed by atoms with Crippen LogP contribution in [-0.2, 0) is 0 Å². The van der Waals surface area contributed by atoms with Crippen LogP contribution in [0.2, 0.25) is 0 Å². The first-order valence-corrected chi connectivity index (χ1v) is 6.06. The topological polar surface area (TPSA) is 107 Å². The van der Waals surface area contributed by atoms with Crippen molar-refractivity contribution in [3.63, 3.8) is 0 Å². The fourth-order valence-electron chi connectivity index (χ4n) is 1.88. The first-order chi connectivity index (χ1) is 9.33. The zero-order chi connectivity index (χ0) is 15.4. The molecule has 0 radical (unpaired) electrons. The van der Waals surface area contributed by atoms with E-state index in [9.17, 15) is 25.0 Å². The summed E-state index contributed by atoms with van der Waals surface area (Å²) in [7, 11) is 0. The Morgan fingerprint density at radius 2 is 1.50 bits per heavy atom. The van der Waals surface area contributed by atoms with Crippen molar-refractivity contribution >= 4 is 17.3 Å². The first kappa shape index (κ1) is 15.5. The molecule has 0 aliphatic heterocycles. The number of hydrogen-bond donors (Lipinski definition) is 0. The Balaban J connectivity index is 3.45. The van der Waals surface area contributed by atoms with Crippen LogP contribution in [0.15, 0.2) is 12.1 Å². The van der Waals surface area contributed by atoms with Gasteiger partial charge < -0.3 is 4.90 Å². The summed E-state index contributed by atoms with van der Waals surface area (Å²) in [5.74, 6) is -0.457. The molecule has 0 saturated heterocycles. The van der Waals surface area contributed by atoms with Crippen LogP contribution in [0, 0.1) is 27.2 Å². The standard InChI is InChI=1S/C12H15N3O5/c1-4-13(5-2)12(16)9-6-10(14(17)18)8(3)11(7-9)15(19)20/h6-7H,4-5H2,1-3H3. The fourth-order valence-corrected chi connectivity index (χ4v) is 1.88. The van der Waals surface area contributed by atoms with Gasteiger partial charge in [-0.05, 0) is 20.8 Å². The summed E-state index contributed by atoms with van der Waals surface area (Å²) in [4.78, 5) is 34.0. The molecule has 0 aromatic heterocycles. The van der Waals surface area contributed by atoms with E-state index < -0.39 is 27.1 Å². The number of benzene rings is 1. The Morgan fingerprint density at radius 1 is 1.10 bits per heavy atom. The lowest BCUT2D eigenvalue weighted by Crippen LogP contribution is -2.30. The summed E-state index contributed by atoms with van der Waals surface area (Å²) in [5, 5.41) is 21.9. The van der Waals surface area contributed by atoms with Crippen molar-refractivity contribution in [3.8, 4) is 0 Å². The van der Waals surface area contributed by atoms with Gasteiger partial charge in [0.1, 0.15) is 5.56 Å². The maximum absolute atomic E-state index is 12.1. The lowest BCUT2D eigenvalue weighted by Gasteiger charge is -2.18. The van der Waals surface area contributed by atoms with Crippen LogP contribution in [-0.4, -0.2) is 33.7 Å². The van der Waals surface area contributed by atoms with Crippen LogP contribution in [0.4, 0.5) is 11.4 Å². The predicted molar refractivity (Wildman–Crippen MR) is 71.7 cm³/mol. The van der Waals surface area contributed by atoms with Crippen LogP contribution in [0.1, 0.15) is 29.8 Å². The molecule has 1 rings (SSSR count). The molecule has 1 aromatic rings. The molecule has 0 aliphatic carbocycles. The van der Waals surface area contributed by atoms with Crippen molar-refractivity contribution in [2.24, 2.45) is 0 Å². The normalized spacial score (nSPS) is 10.2. The van der Waals surface area contributed by atoms with Crippen LogP contribution in [0.3, 0.4) is 0 Å². The monoisotopic (exact) mass is 281 g/mol. The summed E-state index contributed by atoms with van der Waals surface area (Å²) < 4.78 is 0. The molecule has 0 aliphatic rings. The van der Waals surface area contributed by atoms with Gasteiger partial charge >= 0.3 is 0 Å². The van der Waals surface area contributed by atoms with Crippen molar-refractivity contribution in [1.29, 1.82) is 0 Å². The third-order valence-corrected chi connectivity index (χ3v) is 3.04. The Hall–Kier alpha value is -2.51. The van der Waals surface area contributed by atoms with Gasteiger partial charge in [-0.1, -0.05) is 0 Å². The number of carbonyl (C=O) groups excluding carboxylic acids is 1. The summed E-state index contributed by atoms with van der Waals surface area (Å²) in [6, 6.07) is 2.17. The molecule has 0 unspecified atom stereocenters. The third kappa shape index (κ3) is 2.90. The van der Waals surface area contributed by atoms with Crippen LogP contribution < -0.4 is 0 Å². The Morgan fingerprint density at radius 3 is 1.80 bits per heavy atom. The summed E-state index contributed by atoms with van der Waals surface area (Å²) >= 11 is 0. The molecule has 0 N–H and O–H groups in total. The molecule has 0 spiro atoms. The Labute approximate surface area is 115 Å². The minimum atomic E-state index is -0.721.